The molecule has 0 aliphatic carbocycles. The average Bonchev–Trinajstić information content (AvgIpc) is 2.53. The number of fused-ring (bicyclic) bond motifs is 1. The Morgan fingerprint density at radius 1 is 1.47 bits per heavy atom. The SMILES string of the molecule is COC(=O)c1c(O)cc(Br)c2c1OC(F)(F)O2. The zero-order valence-corrected chi connectivity index (χ0v) is 9.88. The first kappa shape index (κ1) is 11.9. The predicted molar refractivity (Wildman–Crippen MR) is 53.3 cm³/mol. The molecule has 0 fully saturated rings. The van der Waals surface area contributed by atoms with E-state index in [1.54, 1.807) is 0 Å². The molecule has 0 unspecified atom stereocenters. The second-order valence-electron chi connectivity index (χ2n) is 3.07. The lowest BCUT2D eigenvalue weighted by molar-refractivity contribution is -0.287. The van der Waals surface area contributed by atoms with Crippen molar-refractivity contribution in [3.8, 4) is 17.2 Å². The summed E-state index contributed by atoms with van der Waals surface area (Å²) in [6, 6.07) is 1.04. The number of rotatable bonds is 1. The maximum Gasteiger partial charge on any atom is 0.586 e. The number of hydrogen-bond acceptors (Lipinski definition) is 5. The minimum atomic E-state index is -3.89. The molecule has 1 aliphatic rings. The number of carbonyl (C=O) groups is 1. The van der Waals surface area contributed by atoms with Crippen molar-refractivity contribution in [2.45, 2.75) is 6.29 Å². The Morgan fingerprint density at radius 2 is 2.06 bits per heavy atom. The second-order valence-corrected chi connectivity index (χ2v) is 3.92. The number of hydrogen-bond donors (Lipinski definition) is 1. The number of carbonyl (C=O) groups excluding carboxylic acids is 1. The van der Waals surface area contributed by atoms with Crippen molar-refractivity contribution in [2.24, 2.45) is 0 Å². The molecule has 0 aromatic heterocycles. The number of aromatic hydroxyl groups is 1. The Kier molecular flexibility index (Phi) is 2.61. The predicted octanol–water partition coefficient (Wildman–Crippen LogP) is 2.26. The van der Waals surface area contributed by atoms with Gasteiger partial charge in [-0.3, -0.25) is 0 Å². The molecule has 1 heterocycles. The molecule has 1 N–H and O–H groups in total. The molecule has 17 heavy (non-hydrogen) atoms. The Morgan fingerprint density at radius 3 is 2.65 bits per heavy atom. The van der Waals surface area contributed by atoms with Crippen LogP contribution in [0.1, 0.15) is 10.4 Å². The molecule has 0 saturated carbocycles. The molecule has 0 atom stereocenters. The molecule has 0 amide bonds. The molecule has 0 bridgehead atoms. The van der Waals surface area contributed by atoms with Gasteiger partial charge in [-0.2, -0.15) is 0 Å². The molecule has 2 rings (SSSR count). The highest BCUT2D eigenvalue weighted by molar-refractivity contribution is 9.10. The summed E-state index contributed by atoms with van der Waals surface area (Å²) < 4.78 is 38.5. The number of phenols is 1. The van der Waals surface area contributed by atoms with E-state index in [1.807, 2.05) is 0 Å². The van der Waals surface area contributed by atoms with Crippen LogP contribution in [-0.4, -0.2) is 24.5 Å². The molecule has 1 aromatic carbocycles. The van der Waals surface area contributed by atoms with E-state index in [-0.39, 0.29) is 10.2 Å². The maximum atomic E-state index is 12.9. The minimum absolute atomic E-state index is 0.0369. The molecule has 8 heteroatoms. The summed E-state index contributed by atoms with van der Waals surface area (Å²) in [5.74, 6) is -2.49. The fourth-order valence-electron chi connectivity index (χ4n) is 1.35. The number of benzene rings is 1. The van der Waals surface area contributed by atoms with Gasteiger partial charge in [0.25, 0.3) is 0 Å². The maximum absolute atomic E-state index is 12.9. The van der Waals surface area contributed by atoms with E-state index < -0.39 is 29.3 Å². The van der Waals surface area contributed by atoms with E-state index in [9.17, 15) is 18.7 Å². The molecular formula is C9H5BrF2O5. The lowest BCUT2D eigenvalue weighted by Gasteiger charge is -2.07. The van der Waals surface area contributed by atoms with Crippen LogP contribution in [0.2, 0.25) is 0 Å². The standard InChI is InChI=1S/C9H5BrF2O5/c1-15-8(14)5-4(13)2-3(10)6-7(5)17-9(11,12)16-6/h2,13H,1H3. The van der Waals surface area contributed by atoms with Crippen molar-refractivity contribution in [3.05, 3.63) is 16.1 Å². The van der Waals surface area contributed by atoms with Gasteiger partial charge < -0.3 is 19.3 Å². The zero-order valence-electron chi connectivity index (χ0n) is 8.29. The third kappa shape index (κ3) is 1.88. The van der Waals surface area contributed by atoms with Gasteiger partial charge in [0.15, 0.2) is 11.5 Å². The van der Waals surface area contributed by atoms with Gasteiger partial charge in [-0.1, -0.05) is 0 Å². The van der Waals surface area contributed by atoms with Gasteiger partial charge in [-0.05, 0) is 22.0 Å². The quantitative estimate of drug-likeness (QED) is 0.806. The van der Waals surface area contributed by atoms with Crippen molar-refractivity contribution in [3.63, 3.8) is 0 Å². The van der Waals surface area contributed by atoms with Crippen LogP contribution in [0.15, 0.2) is 10.5 Å². The highest BCUT2D eigenvalue weighted by atomic mass is 79.9. The van der Waals surface area contributed by atoms with E-state index >= 15 is 0 Å². The van der Waals surface area contributed by atoms with Crippen molar-refractivity contribution < 1.29 is 32.9 Å². The van der Waals surface area contributed by atoms with Crippen LogP contribution in [0.5, 0.6) is 17.2 Å². The highest BCUT2D eigenvalue weighted by Crippen LogP contribution is 2.50. The van der Waals surface area contributed by atoms with Crippen molar-refractivity contribution in [2.75, 3.05) is 7.11 Å². The molecule has 0 radical (unpaired) electrons. The first-order chi connectivity index (χ1) is 7.85. The number of phenolic OH excluding ortho intramolecular Hbond substituents is 1. The first-order valence-electron chi connectivity index (χ1n) is 4.25. The third-order valence-electron chi connectivity index (χ3n) is 2.00. The van der Waals surface area contributed by atoms with E-state index in [0.29, 0.717) is 0 Å². The van der Waals surface area contributed by atoms with E-state index in [1.165, 1.54) is 0 Å². The van der Waals surface area contributed by atoms with Crippen LogP contribution < -0.4 is 9.47 Å². The number of halogens is 3. The topological polar surface area (TPSA) is 65.0 Å². The first-order valence-corrected chi connectivity index (χ1v) is 5.04. The second kappa shape index (κ2) is 3.73. The Bertz CT molecular complexity index is 503. The zero-order chi connectivity index (χ0) is 12.8. The van der Waals surface area contributed by atoms with Crippen LogP contribution in [0.25, 0.3) is 0 Å². The largest absolute Gasteiger partial charge is 0.586 e. The number of ether oxygens (including phenoxy) is 3. The third-order valence-corrected chi connectivity index (χ3v) is 2.59. The summed E-state index contributed by atoms with van der Waals surface area (Å²) in [6.07, 6.45) is -3.89. The van der Waals surface area contributed by atoms with Gasteiger partial charge in [0, 0.05) is 0 Å². The fraction of sp³-hybridized carbons (Fsp3) is 0.222. The fourth-order valence-corrected chi connectivity index (χ4v) is 1.82. The monoisotopic (exact) mass is 310 g/mol. The van der Waals surface area contributed by atoms with Crippen LogP contribution in [-0.2, 0) is 4.74 Å². The summed E-state index contributed by atoms with van der Waals surface area (Å²) in [4.78, 5) is 11.3. The highest BCUT2D eigenvalue weighted by Gasteiger charge is 2.47. The van der Waals surface area contributed by atoms with Gasteiger partial charge in [0.2, 0.25) is 0 Å². The Hall–Kier alpha value is -1.57. The molecule has 1 aliphatic heterocycles. The van der Waals surface area contributed by atoms with Gasteiger partial charge in [0.1, 0.15) is 11.3 Å². The van der Waals surface area contributed by atoms with Crippen LogP contribution >= 0.6 is 15.9 Å². The van der Waals surface area contributed by atoms with Crippen LogP contribution in [0, 0.1) is 0 Å². The Labute approximate surface area is 102 Å². The molecule has 0 saturated heterocycles. The molecule has 5 nitrogen and oxygen atoms in total. The number of esters is 1. The van der Waals surface area contributed by atoms with Gasteiger partial charge in [-0.15, -0.1) is 8.78 Å². The van der Waals surface area contributed by atoms with Crippen molar-refractivity contribution in [1.29, 1.82) is 0 Å². The van der Waals surface area contributed by atoms with E-state index in [4.69, 9.17) is 0 Å². The average molecular weight is 311 g/mol. The lowest BCUT2D eigenvalue weighted by atomic mass is 10.1. The van der Waals surface area contributed by atoms with E-state index in [0.717, 1.165) is 13.2 Å². The van der Waals surface area contributed by atoms with E-state index in [2.05, 4.69) is 30.1 Å². The van der Waals surface area contributed by atoms with Crippen molar-refractivity contribution >= 4 is 21.9 Å². The van der Waals surface area contributed by atoms with Gasteiger partial charge >= 0.3 is 12.3 Å². The smallest absolute Gasteiger partial charge is 0.507 e. The summed E-state index contributed by atoms with van der Waals surface area (Å²) in [5, 5.41) is 9.52. The minimum Gasteiger partial charge on any atom is -0.507 e. The molecular weight excluding hydrogens is 306 g/mol. The lowest BCUT2D eigenvalue weighted by Crippen LogP contribution is -2.26. The van der Waals surface area contributed by atoms with Gasteiger partial charge in [0.05, 0.1) is 11.6 Å². The summed E-state index contributed by atoms with van der Waals surface area (Å²) in [5.41, 5.74) is -0.511. The normalized spacial score (nSPS) is 15.8. The summed E-state index contributed by atoms with van der Waals surface area (Å²) >= 11 is 2.90. The number of methoxy groups -OCH3 is 1. The number of alkyl halides is 2. The summed E-state index contributed by atoms with van der Waals surface area (Å²) in [7, 11) is 1.05. The summed E-state index contributed by atoms with van der Waals surface area (Å²) in [6.45, 7) is 0. The molecule has 92 valence electrons. The van der Waals surface area contributed by atoms with Gasteiger partial charge in [-0.25, -0.2) is 4.79 Å². The van der Waals surface area contributed by atoms with Crippen molar-refractivity contribution in [1.82, 2.24) is 0 Å². The Balaban J connectivity index is 2.64. The molecule has 1 aromatic rings. The molecule has 0 spiro atoms. The van der Waals surface area contributed by atoms with Crippen LogP contribution in [0.4, 0.5) is 8.78 Å². The van der Waals surface area contributed by atoms with Crippen LogP contribution in [0.3, 0.4) is 0 Å².